The summed E-state index contributed by atoms with van der Waals surface area (Å²) in [6.07, 6.45) is 2.72. The first-order valence-electron chi connectivity index (χ1n) is 5.55. The third-order valence-electron chi connectivity index (χ3n) is 2.28. The van der Waals surface area contributed by atoms with Gasteiger partial charge in [-0.05, 0) is 6.07 Å². The van der Waals surface area contributed by atoms with E-state index in [2.05, 4.69) is 20.5 Å². The van der Waals surface area contributed by atoms with Gasteiger partial charge in [0.25, 0.3) is 5.56 Å². The zero-order chi connectivity index (χ0) is 14.5. The van der Waals surface area contributed by atoms with Crippen molar-refractivity contribution >= 4 is 11.9 Å². The lowest BCUT2D eigenvalue weighted by molar-refractivity contribution is -0.120. The van der Waals surface area contributed by atoms with Crippen molar-refractivity contribution in [2.45, 2.75) is 6.54 Å². The Balaban J connectivity index is 2.19. The van der Waals surface area contributed by atoms with Crippen LogP contribution < -0.4 is 16.2 Å². The molecule has 2 heterocycles. The molecule has 0 radical (unpaired) electrons. The van der Waals surface area contributed by atoms with Crippen molar-refractivity contribution in [3.05, 3.63) is 35.1 Å². The summed E-state index contributed by atoms with van der Waals surface area (Å²) in [5.74, 6) is -0.329. The molecule has 0 aliphatic carbocycles. The number of hydrogen-bond acceptors (Lipinski definition) is 6. The van der Waals surface area contributed by atoms with Gasteiger partial charge in [-0.2, -0.15) is 5.10 Å². The first-order chi connectivity index (χ1) is 9.60. The van der Waals surface area contributed by atoms with E-state index >= 15 is 0 Å². The van der Waals surface area contributed by atoms with E-state index in [1.54, 1.807) is 0 Å². The molecular weight excluding hydrogens is 266 g/mol. The minimum atomic E-state index is -0.658. The van der Waals surface area contributed by atoms with Crippen LogP contribution in [-0.4, -0.2) is 43.5 Å². The maximum absolute atomic E-state index is 11.6. The molecule has 10 nitrogen and oxygen atoms in total. The van der Waals surface area contributed by atoms with Gasteiger partial charge in [0.2, 0.25) is 5.91 Å². The van der Waals surface area contributed by atoms with Gasteiger partial charge in [0.05, 0.1) is 0 Å². The fourth-order valence-corrected chi connectivity index (χ4v) is 1.36. The number of rotatable bonds is 3. The summed E-state index contributed by atoms with van der Waals surface area (Å²) in [5, 5.41) is 12.1. The molecule has 0 fully saturated rings. The fraction of sp³-hybridized carbons (Fsp3) is 0.200. The molecule has 10 heteroatoms. The second-order valence-corrected chi connectivity index (χ2v) is 3.65. The number of hydrogen-bond donors (Lipinski definition) is 2. The van der Waals surface area contributed by atoms with Gasteiger partial charge in [-0.3, -0.25) is 14.9 Å². The molecule has 0 unspecified atom stereocenters. The van der Waals surface area contributed by atoms with Crippen molar-refractivity contribution in [1.82, 2.24) is 35.2 Å². The molecule has 3 amide bonds. The standard InChI is InChI=1S/C10H11N7O3/c1-11-10(20)14-8(18)4-16-9(19)3-2-7(15-16)17-6-12-5-13-17/h2-3,5-6H,4H2,1H3,(H2,11,14,18,20). The van der Waals surface area contributed by atoms with E-state index in [4.69, 9.17) is 0 Å². The summed E-state index contributed by atoms with van der Waals surface area (Å²) in [7, 11) is 1.37. The number of aromatic nitrogens is 5. The minimum Gasteiger partial charge on any atom is -0.341 e. The van der Waals surface area contributed by atoms with Crippen LogP contribution in [-0.2, 0) is 11.3 Å². The molecule has 104 valence electrons. The van der Waals surface area contributed by atoms with E-state index in [1.165, 1.54) is 36.5 Å². The number of carbonyl (C=O) groups excluding carboxylic acids is 2. The molecule has 0 spiro atoms. The lowest BCUT2D eigenvalue weighted by Crippen LogP contribution is -2.41. The highest BCUT2D eigenvalue weighted by Crippen LogP contribution is 1.96. The van der Waals surface area contributed by atoms with E-state index in [1.807, 2.05) is 5.32 Å². The van der Waals surface area contributed by atoms with Crippen LogP contribution in [0.5, 0.6) is 0 Å². The van der Waals surface area contributed by atoms with Crippen LogP contribution in [0, 0.1) is 0 Å². The number of carbonyl (C=O) groups is 2. The summed E-state index contributed by atoms with van der Waals surface area (Å²) in [4.78, 5) is 37.9. The molecule has 0 saturated heterocycles. The number of nitrogens with one attached hydrogen (secondary N) is 2. The normalized spacial score (nSPS) is 10.1. The lowest BCUT2D eigenvalue weighted by atomic mass is 10.5. The van der Waals surface area contributed by atoms with Crippen molar-refractivity contribution in [1.29, 1.82) is 0 Å². The molecule has 0 aromatic carbocycles. The van der Waals surface area contributed by atoms with Gasteiger partial charge in [-0.25, -0.2) is 19.1 Å². The Hall–Kier alpha value is -3.04. The monoisotopic (exact) mass is 277 g/mol. The van der Waals surface area contributed by atoms with Crippen LogP contribution in [0.1, 0.15) is 0 Å². The first kappa shape index (κ1) is 13.4. The van der Waals surface area contributed by atoms with Crippen LogP contribution in [0.4, 0.5) is 4.79 Å². The average Bonchev–Trinajstić information content (AvgIpc) is 2.95. The number of imide groups is 1. The van der Waals surface area contributed by atoms with Crippen LogP contribution in [0.2, 0.25) is 0 Å². The van der Waals surface area contributed by atoms with E-state index in [0.29, 0.717) is 5.82 Å². The molecule has 0 saturated carbocycles. The minimum absolute atomic E-state index is 0.329. The molecule has 2 aromatic rings. The SMILES string of the molecule is CNC(=O)NC(=O)Cn1nc(-n2cncn2)ccc1=O. The Morgan fingerprint density at radius 3 is 2.80 bits per heavy atom. The van der Waals surface area contributed by atoms with Gasteiger partial charge in [0, 0.05) is 13.1 Å². The van der Waals surface area contributed by atoms with Crippen molar-refractivity contribution in [2.75, 3.05) is 7.05 Å². The Labute approximate surface area is 112 Å². The van der Waals surface area contributed by atoms with Crippen LogP contribution in [0.15, 0.2) is 29.6 Å². The average molecular weight is 277 g/mol. The molecule has 2 aromatic heterocycles. The van der Waals surface area contributed by atoms with E-state index in [9.17, 15) is 14.4 Å². The number of amides is 3. The Morgan fingerprint density at radius 1 is 1.35 bits per heavy atom. The molecule has 2 N–H and O–H groups in total. The summed E-state index contributed by atoms with van der Waals surface area (Å²) in [6.45, 7) is -0.380. The largest absolute Gasteiger partial charge is 0.341 e. The predicted molar refractivity (Wildman–Crippen MR) is 66.0 cm³/mol. The van der Waals surface area contributed by atoms with Gasteiger partial charge in [-0.15, -0.1) is 5.10 Å². The van der Waals surface area contributed by atoms with Gasteiger partial charge in [0.15, 0.2) is 5.82 Å². The molecule has 2 rings (SSSR count). The summed E-state index contributed by atoms with van der Waals surface area (Å²) in [6, 6.07) is 2.04. The smallest absolute Gasteiger partial charge is 0.321 e. The van der Waals surface area contributed by atoms with E-state index < -0.39 is 17.5 Å². The van der Waals surface area contributed by atoms with Gasteiger partial charge >= 0.3 is 6.03 Å². The Morgan fingerprint density at radius 2 is 2.15 bits per heavy atom. The van der Waals surface area contributed by atoms with Crippen molar-refractivity contribution < 1.29 is 9.59 Å². The topological polar surface area (TPSA) is 124 Å². The van der Waals surface area contributed by atoms with Crippen LogP contribution in [0.25, 0.3) is 5.82 Å². The lowest BCUT2D eigenvalue weighted by Gasteiger charge is -2.06. The second-order valence-electron chi connectivity index (χ2n) is 3.65. The van der Waals surface area contributed by atoms with E-state index in [0.717, 1.165) is 4.68 Å². The third kappa shape index (κ3) is 3.04. The van der Waals surface area contributed by atoms with Crippen LogP contribution in [0.3, 0.4) is 0 Å². The maximum atomic E-state index is 11.6. The highest BCUT2D eigenvalue weighted by Gasteiger charge is 2.10. The molecule has 0 aliphatic heterocycles. The second kappa shape index (κ2) is 5.73. The zero-order valence-electron chi connectivity index (χ0n) is 10.5. The number of urea groups is 1. The molecule has 0 atom stereocenters. The molecular formula is C10H11N7O3. The summed E-state index contributed by atoms with van der Waals surface area (Å²) in [5.41, 5.74) is -0.471. The number of nitrogens with zero attached hydrogens (tertiary/aromatic N) is 5. The van der Waals surface area contributed by atoms with Gasteiger partial charge in [-0.1, -0.05) is 0 Å². The first-order valence-corrected chi connectivity index (χ1v) is 5.55. The highest BCUT2D eigenvalue weighted by atomic mass is 16.2. The van der Waals surface area contributed by atoms with Gasteiger partial charge < -0.3 is 5.32 Å². The molecule has 0 bridgehead atoms. The van der Waals surface area contributed by atoms with Crippen LogP contribution >= 0.6 is 0 Å². The molecule has 0 aliphatic rings. The van der Waals surface area contributed by atoms with Crippen molar-refractivity contribution in [3.8, 4) is 5.82 Å². The summed E-state index contributed by atoms with van der Waals surface area (Å²) >= 11 is 0. The fourth-order valence-electron chi connectivity index (χ4n) is 1.36. The summed E-state index contributed by atoms with van der Waals surface area (Å²) < 4.78 is 2.27. The van der Waals surface area contributed by atoms with Gasteiger partial charge in [0.1, 0.15) is 19.2 Å². The van der Waals surface area contributed by atoms with Crippen molar-refractivity contribution in [3.63, 3.8) is 0 Å². The van der Waals surface area contributed by atoms with E-state index in [-0.39, 0.29) is 6.54 Å². The predicted octanol–water partition coefficient (Wildman–Crippen LogP) is -1.72. The maximum Gasteiger partial charge on any atom is 0.321 e. The van der Waals surface area contributed by atoms with Crippen molar-refractivity contribution in [2.24, 2.45) is 0 Å². The Bertz CT molecular complexity index is 676. The highest BCUT2D eigenvalue weighted by molar-refractivity contribution is 5.93. The quantitative estimate of drug-likeness (QED) is 0.687. The zero-order valence-corrected chi connectivity index (χ0v) is 10.5. The molecule has 20 heavy (non-hydrogen) atoms. The Kier molecular flexibility index (Phi) is 3.84. The third-order valence-corrected chi connectivity index (χ3v) is 2.28.